The lowest BCUT2D eigenvalue weighted by atomic mass is 9.94. The monoisotopic (exact) mass is 1220 g/mol. The zero-order valence-corrected chi connectivity index (χ0v) is 50.9. The number of methoxy groups -OCH3 is 2. The first-order chi connectivity index (χ1) is 41.6. The number of rotatable bonds is 19. The molecule has 0 aliphatic carbocycles. The van der Waals surface area contributed by atoms with Crippen molar-refractivity contribution in [3.8, 4) is 23.0 Å². The number of benzene rings is 2. The Morgan fingerprint density at radius 2 is 1.20 bits per heavy atom. The molecule has 6 aliphatic heterocycles. The van der Waals surface area contributed by atoms with Gasteiger partial charge in [-0.15, -0.1) is 0 Å². The summed E-state index contributed by atoms with van der Waals surface area (Å²) in [5, 5.41) is 18.8. The fourth-order valence-corrected chi connectivity index (χ4v) is 12.4. The van der Waals surface area contributed by atoms with Crippen molar-refractivity contribution in [2.24, 2.45) is 0 Å². The molecule has 2 aromatic carbocycles. The van der Waals surface area contributed by atoms with Gasteiger partial charge in [0.15, 0.2) is 48.0 Å². The van der Waals surface area contributed by atoms with Crippen LogP contribution in [0.5, 0.6) is 23.0 Å². The Morgan fingerprint density at radius 1 is 0.686 bits per heavy atom. The van der Waals surface area contributed by atoms with Gasteiger partial charge in [-0.3, -0.25) is 14.4 Å². The van der Waals surface area contributed by atoms with Crippen LogP contribution in [-0.4, -0.2) is 161 Å². The van der Waals surface area contributed by atoms with Gasteiger partial charge < -0.3 is 67.0 Å². The van der Waals surface area contributed by atoms with Gasteiger partial charge in [-0.1, -0.05) is 37.5 Å². The quantitative estimate of drug-likeness (QED) is 0.0399. The molecular weight excluding hydrogens is 1150 g/mol. The number of ether oxygens (including phenoxy) is 11. The van der Waals surface area contributed by atoms with E-state index in [4.69, 9.17) is 52.1 Å². The molecule has 86 heavy (non-hydrogen) atoms. The first-order valence-corrected chi connectivity index (χ1v) is 30.8. The lowest BCUT2D eigenvalue weighted by molar-refractivity contribution is -0.197. The van der Waals surface area contributed by atoms with Gasteiger partial charge in [0.2, 0.25) is 0 Å². The molecule has 6 atom stereocenters. The number of carbonyl (C=O) groups is 5. The van der Waals surface area contributed by atoms with Gasteiger partial charge in [0.05, 0.1) is 68.4 Å². The number of hydrogen-bond donors (Lipinski definition) is 1. The minimum absolute atomic E-state index is 0.0260. The number of fused-ring (bicyclic) bond motifs is 4. The van der Waals surface area contributed by atoms with Crippen LogP contribution in [0.25, 0.3) is 11.1 Å². The molecule has 0 spiro atoms. The third-order valence-electron chi connectivity index (χ3n) is 15.0. The molecule has 2 saturated heterocycles. The summed E-state index contributed by atoms with van der Waals surface area (Å²) in [6.45, 7) is 14.9. The molecule has 4 aromatic rings. The summed E-state index contributed by atoms with van der Waals surface area (Å²) < 4.78 is 64.1. The number of anilines is 2. The van der Waals surface area contributed by atoms with Crippen molar-refractivity contribution in [1.29, 1.82) is 0 Å². The lowest BCUT2D eigenvalue weighted by Gasteiger charge is -2.42. The summed E-state index contributed by atoms with van der Waals surface area (Å²) in [4.78, 5) is 74.1. The van der Waals surface area contributed by atoms with Gasteiger partial charge in [0, 0.05) is 38.4 Å². The number of nitrogens with zero attached hydrogens (tertiary/aromatic N) is 4. The number of amides is 4. The van der Waals surface area contributed by atoms with Gasteiger partial charge >= 0.3 is 18.2 Å². The predicted octanol–water partition coefficient (Wildman–Crippen LogP) is 11.0. The molecule has 1 N–H and O–H groups in total. The number of aromatic hydroxyl groups is 1. The van der Waals surface area contributed by atoms with Crippen LogP contribution in [0.2, 0.25) is 0 Å². The van der Waals surface area contributed by atoms with Gasteiger partial charge in [-0.05, 0) is 140 Å². The molecule has 4 unspecified atom stereocenters. The number of esters is 1. The summed E-state index contributed by atoms with van der Waals surface area (Å²) in [6.07, 6.45) is 8.64. The maximum absolute atomic E-state index is 14.4. The highest BCUT2D eigenvalue weighted by atomic mass is 32.1. The van der Waals surface area contributed by atoms with E-state index in [9.17, 15) is 29.1 Å². The minimum atomic E-state index is -0.953. The fourth-order valence-electron chi connectivity index (χ4n) is 11.0. The van der Waals surface area contributed by atoms with E-state index in [2.05, 4.69) is 23.9 Å². The van der Waals surface area contributed by atoms with Crippen LogP contribution >= 0.6 is 22.7 Å². The topological polar surface area (TPSA) is 220 Å². The number of phenolic OH excluding ortho intramolecular Hbond substituents is 1. The van der Waals surface area contributed by atoms with Crippen molar-refractivity contribution in [2.45, 2.75) is 121 Å². The van der Waals surface area contributed by atoms with Gasteiger partial charge in [0.1, 0.15) is 25.4 Å². The summed E-state index contributed by atoms with van der Waals surface area (Å²) >= 11 is 3.19. The van der Waals surface area contributed by atoms with Crippen molar-refractivity contribution >= 4 is 75.2 Å². The van der Waals surface area contributed by atoms with Gasteiger partial charge in [0.25, 0.3) is 11.8 Å². The summed E-state index contributed by atoms with van der Waals surface area (Å²) in [5.74, 6) is -0.415. The molecule has 0 radical (unpaired) electrons. The first kappa shape index (κ1) is 63.3. The molecule has 4 amide bonds. The second-order valence-electron chi connectivity index (χ2n) is 21.9. The molecule has 6 aliphatic rings. The zero-order valence-electron chi connectivity index (χ0n) is 49.3. The second-order valence-corrected chi connectivity index (χ2v) is 23.5. The Hall–Kier alpha value is -7.25. The molecule has 0 bridgehead atoms. The van der Waals surface area contributed by atoms with Crippen LogP contribution in [0.1, 0.15) is 110 Å². The Labute approximate surface area is 509 Å². The highest BCUT2D eigenvalue weighted by Gasteiger charge is 2.49. The lowest BCUT2D eigenvalue weighted by Crippen LogP contribution is -2.57. The SMILES string of the molecule is C=CCOC(=O)N1c2cc(O)c(OC)cc2C(=O)N2CC=C(c3ccsc3)C[C@H]2C1OC1CCCCO1.C=CCOC(=O)N1c2cc(OCCOCCC(=O)OC(C)(C)C)c(OC)cc2C(=O)N2CC=C(c3ccsc3)C[C@H]2C1OC1CCCCO1. The van der Waals surface area contributed by atoms with E-state index in [1.807, 2.05) is 55.8 Å². The third-order valence-corrected chi connectivity index (χ3v) is 16.4. The van der Waals surface area contributed by atoms with E-state index in [0.717, 1.165) is 48.0 Å². The molecule has 0 saturated carbocycles. The molecule has 462 valence electrons. The van der Waals surface area contributed by atoms with E-state index in [-0.39, 0.29) is 97.0 Å². The van der Waals surface area contributed by atoms with Crippen molar-refractivity contribution in [3.05, 3.63) is 118 Å². The molecule has 8 heterocycles. The third kappa shape index (κ3) is 15.1. The maximum Gasteiger partial charge on any atom is 0.416 e. The average Bonchev–Trinajstić information content (AvgIpc) is 2.05. The van der Waals surface area contributed by atoms with E-state index >= 15 is 0 Å². The summed E-state index contributed by atoms with van der Waals surface area (Å²) in [6, 6.07) is 8.99. The molecule has 2 fully saturated rings. The predicted molar refractivity (Wildman–Crippen MR) is 323 cm³/mol. The smallest absolute Gasteiger partial charge is 0.416 e. The zero-order chi connectivity index (χ0) is 60.9. The van der Waals surface area contributed by atoms with Gasteiger partial charge in [-0.25, -0.2) is 19.4 Å². The van der Waals surface area contributed by atoms with Crippen molar-refractivity contribution in [2.75, 3.05) is 83.4 Å². The van der Waals surface area contributed by atoms with Crippen LogP contribution < -0.4 is 24.0 Å². The maximum atomic E-state index is 14.4. The van der Waals surface area contributed by atoms with Crippen LogP contribution in [0.4, 0.5) is 21.0 Å². The number of thiophene rings is 2. The molecule has 21 nitrogen and oxygen atoms in total. The fraction of sp³-hybridized carbons (Fsp3) is 0.476. The highest BCUT2D eigenvalue weighted by Crippen LogP contribution is 2.46. The first-order valence-electron chi connectivity index (χ1n) is 28.9. The Morgan fingerprint density at radius 3 is 1.65 bits per heavy atom. The number of phenols is 1. The molecule has 10 rings (SSSR count). The normalized spacial score (nSPS) is 21.9. The highest BCUT2D eigenvalue weighted by molar-refractivity contribution is 7.08. The minimum Gasteiger partial charge on any atom is -0.504 e. The van der Waals surface area contributed by atoms with Crippen LogP contribution in [0, 0.1) is 0 Å². The largest absolute Gasteiger partial charge is 0.504 e. The second kappa shape index (κ2) is 29.4. The van der Waals surface area contributed by atoms with Gasteiger partial charge in [-0.2, -0.15) is 22.7 Å². The van der Waals surface area contributed by atoms with Crippen molar-refractivity contribution < 1.29 is 81.2 Å². The van der Waals surface area contributed by atoms with Crippen molar-refractivity contribution in [3.63, 3.8) is 0 Å². The number of hydrogen-bond acceptors (Lipinski definition) is 19. The number of carbonyl (C=O) groups excluding carboxylic acids is 5. The Kier molecular flexibility index (Phi) is 21.6. The molecule has 2 aromatic heterocycles. The Balaban J connectivity index is 0.000000213. The van der Waals surface area contributed by atoms with Crippen LogP contribution in [-0.2, 0) is 42.7 Å². The molecule has 23 heteroatoms. The standard InChI is InChI=1S/C36H46N2O10S.C27H30N2O7S/c1-6-14-46-35(41)38-27-22-30(44-18-17-43-16-11-31(39)48-36(2,3)4)29(42-5)21-26(27)33(40)37-13-10-24(25-12-19-49-23-25)20-28(37)34(38)47-32-9-7-8-15-45-32;1-3-10-35-27(32)29-20-15-22(30)23(33-2)14-19(20)25(31)28-9-7-17(18-8-12-37-16-18)13-21(28)26(29)36-24-6-4-5-11-34-24/h6,10,12,19,21-23,28,32,34H,1,7-9,11,13-18,20H2,2-5H3;3,7-8,12,14-16,21,24,26,30H,1,4-6,9-11,13H2,2H3/t28-,32?,34?;21-,24?,26?/m00/s1. The summed E-state index contributed by atoms with van der Waals surface area (Å²) in [5.41, 5.74) is 4.59. The van der Waals surface area contributed by atoms with E-state index in [0.29, 0.717) is 57.7 Å². The van der Waals surface area contributed by atoms with Crippen LogP contribution in [0.15, 0.2) is 95.4 Å². The van der Waals surface area contributed by atoms with Crippen LogP contribution in [0.3, 0.4) is 0 Å². The summed E-state index contributed by atoms with van der Waals surface area (Å²) in [7, 11) is 2.89. The van der Waals surface area contributed by atoms with E-state index in [1.165, 1.54) is 48.3 Å². The van der Waals surface area contributed by atoms with E-state index in [1.54, 1.807) is 44.6 Å². The van der Waals surface area contributed by atoms with Crippen molar-refractivity contribution in [1.82, 2.24) is 9.80 Å². The Bertz CT molecular complexity index is 3090. The molecular formula is C63H76N4O17S2. The average molecular weight is 1230 g/mol. The van der Waals surface area contributed by atoms with E-state index < -0.39 is 54.9 Å².